The number of rotatable bonds is 10. The van der Waals surface area contributed by atoms with Gasteiger partial charge in [0.25, 0.3) is 0 Å². The van der Waals surface area contributed by atoms with Crippen LogP contribution in [0.3, 0.4) is 0 Å². The highest BCUT2D eigenvalue weighted by molar-refractivity contribution is 5.93. The van der Waals surface area contributed by atoms with Crippen LogP contribution in [0.5, 0.6) is 11.5 Å². The van der Waals surface area contributed by atoms with Crippen LogP contribution in [0.1, 0.15) is 75.8 Å². The fourth-order valence-corrected chi connectivity index (χ4v) is 5.37. The maximum Gasteiger partial charge on any atom is 0.225 e. The first kappa shape index (κ1) is 24.7. The van der Waals surface area contributed by atoms with Crippen LogP contribution in [-0.4, -0.2) is 36.3 Å². The lowest BCUT2D eigenvalue weighted by Crippen LogP contribution is -2.30. The molecule has 1 N–H and O–H groups in total. The number of nitrogens with one attached hydrogen (secondary N) is 1. The standard InChI is InChI=1S/C30H40N4O2/c1-3-4-10-22-13-15-23(16-14-22)21-31-30-32-26-20-28(36-24-11-6-7-12-24)27(35-2)19-25(26)29(33-30)34-17-8-5-9-18-34/h13-16,19-20,24H,3-12,17-18,21H2,1-2H3,(H,31,32,33). The molecule has 3 aromatic rings. The Kier molecular flexibility index (Phi) is 8.09. The summed E-state index contributed by atoms with van der Waals surface area (Å²) in [5.74, 6) is 3.20. The van der Waals surface area contributed by atoms with E-state index in [9.17, 15) is 0 Å². The summed E-state index contributed by atoms with van der Waals surface area (Å²) in [5, 5.41) is 4.52. The topological polar surface area (TPSA) is 59.5 Å². The van der Waals surface area contributed by atoms with Gasteiger partial charge in [-0.25, -0.2) is 4.98 Å². The average molecular weight is 489 g/mol. The van der Waals surface area contributed by atoms with E-state index >= 15 is 0 Å². The van der Waals surface area contributed by atoms with Crippen molar-refractivity contribution in [2.45, 2.75) is 83.8 Å². The Morgan fingerprint density at radius 3 is 2.39 bits per heavy atom. The molecular formula is C30H40N4O2. The van der Waals surface area contributed by atoms with Gasteiger partial charge < -0.3 is 19.7 Å². The predicted molar refractivity (Wildman–Crippen MR) is 147 cm³/mol. The molecule has 2 aliphatic rings. The maximum atomic E-state index is 6.38. The summed E-state index contributed by atoms with van der Waals surface area (Å²) in [4.78, 5) is 12.3. The highest BCUT2D eigenvalue weighted by atomic mass is 16.5. The zero-order valence-electron chi connectivity index (χ0n) is 21.9. The lowest BCUT2D eigenvalue weighted by atomic mass is 10.1. The van der Waals surface area contributed by atoms with Gasteiger partial charge >= 0.3 is 0 Å². The predicted octanol–water partition coefficient (Wildman–Crippen LogP) is 6.90. The van der Waals surface area contributed by atoms with Crippen molar-refractivity contribution in [2.75, 3.05) is 30.4 Å². The van der Waals surface area contributed by atoms with Crippen LogP contribution in [0.15, 0.2) is 36.4 Å². The summed E-state index contributed by atoms with van der Waals surface area (Å²) in [6.07, 6.45) is 12.2. The van der Waals surface area contributed by atoms with Gasteiger partial charge in [0.1, 0.15) is 5.82 Å². The van der Waals surface area contributed by atoms with E-state index in [1.807, 2.05) is 0 Å². The molecule has 0 amide bonds. The largest absolute Gasteiger partial charge is 0.493 e. The van der Waals surface area contributed by atoms with Crippen molar-refractivity contribution in [3.05, 3.63) is 47.5 Å². The molecule has 0 bridgehead atoms. The van der Waals surface area contributed by atoms with Gasteiger partial charge in [0.2, 0.25) is 5.95 Å². The molecule has 6 nitrogen and oxygen atoms in total. The summed E-state index contributed by atoms with van der Waals surface area (Å²) in [5.41, 5.74) is 3.54. The Hall–Kier alpha value is -3.02. The van der Waals surface area contributed by atoms with Crippen LogP contribution in [0.2, 0.25) is 0 Å². The van der Waals surface area contributed by atoms with E-state index in [0.29, 0.717) is 12.5 Å². The molecular weight excluding hydrogens is 448 g/mol. The molecule has 1 aromatic heterocycles. The third kappa shape index (κ3) is 5.85. The van der Waals surface area contributed by atoms with E-state index in [1.54, 1.807) is 7.11 Å². The number of aromatic nitrogens is 2. The Morgan fingerprint density at radius 2 is 1.67 bits per heavy atom. The minimum atomic E-state index is 0.262. The molecule has 2 aromatic carbocycles. The Labute approximate surface area is 215 Å². The molecule has 5 rings (SSSR count). The first-order chi connectivity index (χ1) is 17.7. The zero-order chi connectivity index (χ0) is 24.7. The summed E-state index contributed by atoms with van der Waals surface area (Å²) >= 11 is 0. The summed E-state index contributed by atoms with van der Waals surface area (Å²) in [7, 11) is 1.72. The molecule has 0 radical (unpaired) electrons. The van der Waals surface area contributed by atoms with Gasteiger partial charge in [0.15, 0.2) is 11.5 Å². The molecule has 1 saturated carbocycles. The summed E-state index contributed by atoms with van der Waals surface area (Å²) in [6, 6.07) is 13.0. The van der Waals surface area contributed by atoms with Crippen molar-refractivity contribution in [3.63, 3.8) is 0 Å². The fourth-order valence-electron chi connectivity index (χ4n) is 5.37. The number of unbranched alkanes of at least 4 members (excludes halogenated alkanes) is 1. The second-order valence-electron chi connectivity index (χ2n) is 10.2. The number of hydrogen-bond donors (Lipinski definition) is 1. The monoisotopic (exact) mass is 488 g/mol. The van der Waals surface area contributed by atoms with Gasteiger partial charge in [-0.3, -0.25) is 0 Å². The number of anilines is 2. The van der Waals surface area contributed by atoms with Gasteiger partial charge in [0, 0.05) is 31.1 Å². The van der Waals surface area contributed by atoms with Gasteiger partial charge in [-0.15, -0.1) is 0 Å². The molecule has 2 heterocycles. The highest BCUT2D eigenvalue weighted by Crippen LogP contribution is 2.38. The molecule has 2 fully saturated rings. The first-order valence-corrected chi connectivity index (χ1v) is 13.9. The third-order valence-electron chi connectivity index (χ3n) is 7.51. The Bertz CT molecular complexity index is 1140. The van der Waals surface area contributed by atoms with Gasteiger partial charge in [0.05, 0.1) is 18.7 Å². The number of piperidine rings is 1. The van der Waals surface area contributed by atoms with E-state index in [4.69, 9.17) is 19.4 Å². The smallest absolute Gasteiger partial charge is 0.225 e. The summed E-state index contributed by atoms with van der Waals surface area (Å²) < 4.78 is 12.1. The van der Waals surface area contributed by atoms with Crippen LogP contribution >= 0.6 is 0 Å². The van der Waals surface area contributed by atoms with E-state index < -0.39 is 0 Å². The number of ether oxygens (including phenoxy) is 2. The lowest BCUT2D eigenvalue weighted by Gasteiger charge is -2.29. The van der Waals surface area contributed by atoms with Crippen molar-refractivity contribution >= 4 is 22.7 Å². The quantitative estimate of drug-likeness (QED) is 0.335. The number of fused-ring (bicyclic) bond motifs is 1. The Morgan fingerprint density at radius 1 is 0.917 bits per heavy atom. The van der Waals surface area contributed by atoms with E-state index in [2.05, 4.69) is 53.5 Å². The van der Waals surface area contributed by atoms with Crippen LogP contribution in [0, 0.1) is 0 Å². The lowest BCUT2D eigenvalue weighted by molar-refractivity contribution is 0.201. The van der Waals surface area contributed by atoms with Crippen molar-refractivity contribution in [1.29, 1.82) is 0 Å². The average Bonchev–Trinajstić information content (AvgIpc) is 3.44. The fraction of sp³-hybridized carbons (Fsp3) is 0.533. The van der Waals surface area contributed by atoms with E-state index in [-0.39, 0.29) is 6.10 Å². The first-order valence-electron chi connectivity index (χ1n) is 13.9. The van der Waals surface area contributed by atoms with Crippen molar-refractivity contribution in [2.24, 2.45) is 0 Å². The molecule has 0 spiro atoms. The maximum absolute atomic E-state index is 6.38. The molecule has 192 valence electrons. The van der Waals surface area contributed by atoms with Crippen LogP contribution in [0.4, 0.5) is 11.8 Å². The molecule has 1 saturated heterocycles. The number of aryl methyl sites for hydroxylation is 1. The van der Waals surface area contributed by atoms with Gasteiger partial charge in [-0.05, 0) is 75.0 Å². The van der Waals surface area contributed by atoms with Crippen LogP contribution in [0.25, 0.3) is 10.9 Å². The molecule has 0 unspecified atom stereocenters. The molecule has 1 aliphatic carbocycles. The van der Waals surface area contributed by atoms with Crippen molar-refractivity contribution in [3.8, 4) is 11.5 Å². The van der Waals surface area contributed by atoms with Crippen molar-refractivity contribution < 1.29 is 9.47 Å². The second kappa shape index (κ2) is 11.8. The number of nitrogens with zero attached hydrogens (tertiary/aromatic N) is 3. The second-order valence-corrected chi connectivity index (χ2v) is 10.2. The molecule has 6 heteroatoms. The minimum absolute atomic E-state index is 0.262. The normalized spacial score (nSPS) is 16.4. The van der Waals surface area contributed by atoms with Gasteiger partial charge in [-0.1, -0.05) is 37.6 Å². The Balaban J connectivity index is 1.43. The number of hydrogen-bond acceptors (Lipinski definition) is 6. The number of benzene rings is 2. The molecule has 36 heavy (non-hydrogen) atoms. The van der Waals surface area contributed by atoms with Gasteiger partial charge in [-0.2, -0.15) is 4.98 Å². The minimum Gasteiger partial charge on any atom is -0.493 e. The SMILES string of the molecule is CCCCc1ccc(CNc2nc(N3CCCCC3)c3cc(OC)c(OC4CCCC4)cc3n2)cc1. The van der Waals surface area contributed by atoms with E-state index in [1.165, 1.54) is 56.1 Å². The molecule has 0 atom stereocenters. The summed E-state index contributed by atoms with van der Waals surface area (Å²) in [6.45, 7) is 4.97. The third-order valence-corrected chi connectivity index (χ3v) is 7.51. The van der Waals surface area contributed by atoms with Crippen molar-refractivity contribution in [1.82, 2.24) is 9.97 Å². The van der Waals surface area contributed by atoms with Crippen LogP contribution < -0.4 is 19.7 Å². The van der Waals surface area contributed by atoms with Crippen LogP contribution in [-0.2, 0) is 13.0 Å². The number of methoxy groups -OCH3 is 1. The highest BCUT2D eigenvalue weighted by Gasteiger charge is 2.22. The zero-order valence-corrected chi connectivity index (χ0v) is 21.9. The van der Waals surface area contributed by atoms with E-state index in [0.717, 1.165) is 60.6 Å². The molecule has 1 aliphatic heterocycles.